The molecule has 1 heterocycles. The number of aliphatic imine (C=N–C) groups is 1. The topological polar surface area (TPSA) is 84.6 Å². The fourth-order valence-electron chi connectivity index (χ4n) is 1.58. The van der Waals surface area contributed by atoms with Gasteiger partial charge in [-0.05, 0) is 26.7 Å². The normalized spacial score (nSPS) is 11.7. The van der Waals surface area contributed by atoms with Crippen molar-refractivity contribution in [3.05, 3.63) is 11.7 Å². The van der Waals surface area contributed by atoms with E-state index in [-0.39, 0.29) is 0 Å². The minimum atomic E-state index is 0.408. The first-order valence-electron chi connectivity index (χ1n) is 7.15. The van der Waals surface area contributed by atoms with Crippen LogP contribution in [-0.4, -0.2) is 42.4 Å². The Morgan fingerprint density at radius 1 is 1.30 bits per heavy atom. The fraction of sp³-hybridized carbons (Fsp3) is 0.769. The number of hydrogen-bond donors (Lipinski definition) is 2. The lowest BCUT2D eigenvalue weighted by molar-refractivity contribution is 0.143. The minimum absolute atomic E-state index is 0.408. The van der Waals surface area contributed by atoms with Crippen molar-refractivity contribution in [1.82, 2.24) is 20.8 Å². The predicted octanol–water partition coefficient (Wildman–Crippen LogP) is 1.25. The van der Waals surface area contributed by atoms with E-state index >= 15 is 0 Å². The maximum absolute atomic E-state index is 5.30. The van der Waals surface area contributed by atoms with Crippen molar-refractivity contribution in [2.45, 2.75) is 40.2 Å². The van der Waals surface area contributed by atoms with Crippen LogP contribution in [0.2, 0.25) is 0 Å². The average molecular weight is 283 g/mol. The maximum atomic E-state index is 5.30. The number of aromatic nitrogens is 2. The van der Waals surface area contributed by atoms with Crippen LogP contribution in [0, 0.1) is 6.92 Å². The van der Waals surface area contributed by atoms with Crippen LogP contribution in [0.25, 0.3) is 0 Å². The summed E-state index contributed by atoms with van der Waals surface area (Å²) in [6, 6.07) is 0. The van der Waals surface area contributed by atoms with E-state index in [1.54, 1.807) is 6.92 Å². The van der Waals surface area contributed by atoms with Crippen molar-refractivity contribution >= 4 is 5.96 Å². The largest absolute Gasteiger partial charge is 0.382 e. The quantitative estimate of drug-likeness (QED) is 0.403. The van der Waals surface area contributed by atoms with E-state index in [1.807, 2.05) is 13.8 Å². The van der Waals surface area contributed by atoms with Gasteiger partial charge < -0.3 is 19.9 Å². The lowest BCUT2D eigenvalue weighted by Crippen LogP contribution is -2.37. The Bertz CT molecular complexity index is 392. The first-order valence-corrected chi connectivity index (χ1v) is 7.15. The average Bonchev–Trinajstić information content (AvgIpc) is 2.85. The van der Waals surface area contributed by atoms with Gasteiger partial charge in [-0.25, -0.2) is 4.99 Å². The molecule has 1 aromatic rings. The van der Waals surface area contributed by atoms with Crippen molar-refractivity contribution in [2.75, 3.05) is 26.3 Å². The summed E-state index contributed by atoms with van der Waals surface area (Å²) < 4.78 is 10.2. The van der Waals surface area contributed by atoms with Crippen molar-refractivity contribution in [3.63, 3.8) is 0 Å². The molecule has 7 nitrogen and oxygen atoms in total. The third kappa shape index (κ3) is 7.08. The van der Waals surface area contributed by atoms with Crippen molar-refractivity contribution < 1.29 is 9.26 Å². The van der Waals surface area contributed by atoms with Gasteiger partial charge >= 0.3 is 0 Å². The van der Waals surface area contributed by atoms with Crippen molar-refractivity contribution in [2.24, 2.45) is 4.99 Å². The molecular formula is C13H25N5O2. The Hall–Kier alpha value is -1.63. The molecule has 0 radical (unpaired) electrons. The Morgan fingerprint density at radius 2 is 2.15 bits per heavy atom. The summed E-state index contributed by atoms with van der Waals surface area (Å²) in [5.41, 5.74) is 0. The number of rotatable bonds is 9. The van der Waals surface area contributed by atoms with E-state index < -0.39 is 0 Å². The molecule has 0 bridgehead atoms. The Morgan fingerprint density at radius 3 is 2.80 bits per heavy atom. The second-order valence-corrected chi connectivity index (χ2v) is 4.26. The fourth-order valence-corrected chi connectivity index (χ4v) is 1.58. The highest BCUT2D eigenvalue weighted by atomic mass is 16.5. The molecule has 0 amide bonds. The van der Waals surface area contributed by atoms with Crippen molar-refractivity contribution in [3.8, 4) is 0 Å². The summed E-state index contributed by atoms with van der Waals surface area (Å²) in [6.07, 6.45) is 2.09. The summed E-state index contributed by atoms with van der Waals surface area (Å²) in [5.74, 6) is 1.92. The van der Waals surface area contributed by atoms with Gasteiger partial charge in [0.05, 0.1) is 0 Å². The minimum Gasteiger partial charge on any atom is -0.382 e. The van der Waals surface area contributed by atoms with Crippen LogP contribution in [0.4, 0.5) is 0 Å². The summed E-state index contributed by atoms with van der Waals surface area (Å²) in [7, 11) is 0. The van der Waals surface area contributed by atoms with Crippen LogP contribution in [0.3, 0.4) is 0 Å². The number of unbranched alkanes of at least 4 members (excludes halogenated alkanes) is 1. The molecule has 0 unspecified atom stereocenters. The van der Waals surface area contributed by atoms with Gasteiger partial charge in [-0.1, -0.05) is 5.16 Å². The highest BCUT2D eigenvalue weighted by molar-refractivity contribution is 5.79. The molecule has 0 spiro atoms. The monoisotopic (exact) mass is 283 g/mol. The summed E-state index contributed by atoms with van der Waals surface area (Å²) in [4.78, 5) is 8.53. The van der Waals surface area contributed by atoms with E-state index in [9.17, 15) is 0 Å². The second kappa shape index (κ2) is 10.2. The molecule has 0 aliphatic heterocycles. The molecule has 0 saturated carbocycles. The molecule has 0 aliphatic carbocycles. The van der Waals surface area contributed by atoms with Gasteiger partial charge in [-0.3, -0.25) is 0 Å². The van der Waals surface area contributed by atoms with Gasteiger partial charge in [0, 0.05) is 33.2 Å². The number of ether oxygens (including phenoxy) is 1. The SMILES string of the molecule is CCNC(=NCc1noc(C)n1)NCCCCOCC. The molecule has 114 valence electrons. The first-order chi connectivity index (χ1) is 9.76. The number of nitrogens with zero attached hydrogens (tertiary/aromatic N) is 3. The number of hydrogen-bond acceptors (Lipinski definition) is 5. The lowest BCUT2D eigenvalue weighted by atomic mass is 10.3. The predicted molar refractivity (Wildman–Crippen MR) is 77.6 cm³/mol. The van der Waals surface area contributed by atoms with E-state index in [0.717, 1.165) is 45.1 Å². The van der Waals surface area contributed by atoms with E-state index in [2.05, 4.69) is 25.8 Å². The third-order valence-corrected chi connectivity index (χ3v) is 2.50. The zero-order chi connectivity index (χ0) is 14.6. The van der Waals surface area contributed by atoms with E-state index in [4.69, 9.17) is 9.26 Å². The second-order valence-electron chi connectivity index (χ2n) is 4.26. The molecule has 0 atom stereocenters. The summed E-state index contributed by atoms with van der Waals surface area (Å²) >= 11 is 0. The Balaban J connectivity index is 2.28. The Kier molecular flexibility index (Phi) is 8.37. The number of nitrogens with one attached hydrogen (secondary N) is 2. The van der Waals surface area contributed by atoms with Crippen LogP contribution in [0.1, 0.15) is 38.4 Å². The zero-order valence-electron chi connectivity index (χ0n) is 12.6. The third-order valence-electron chi connectivity index (χ3n) is 2.50. The van der Waals surface area contributed by atoms with Gasteiger partial charge in [0.2, 0.25) is 5.89 Å². The first kappa shape index (κ1) is 16.4. The molecule has 0 aromatic carbocycles. The molecular weight excluding hydrogens is 258 g/mol. The Labute approximate surface area is 120 Å². The van der Waals surface area contributed by atoms with Gasteiger partial charge in [-0.2, -0.15) is 4.98 Å². The van der Waals surface area contributed by atoms with E-state index in [0.29, 0.717) is 18.3 Å². The van der Waals surface area contributed by atoms with Crippen LogP contribution < -0.4 is 10.6 Å². The van der Waals surface area contributed by atoms with Crippen LogP contribution >= 0.6 is 0 Å². The van der Waals surface area contributed by atoms with Gasteiger partial charge in [0.25, 0.3) is 0 Å². The highest BCUT2D eigenvalue weighted by Crippen LogP contribution is 1.96. The molecule has 20 heavy (non-hydrogen) atoms. The maximum Gasteiger partial charge on any atom is 0.223 e. The van der Waals surface area contributed by atoms with Crippen LogP contribution in [-0.2, 0) is 11.3 Å². The molecule has 1 rings (SSSR count). The summed E-state index contributed by atoms with van der Waals surface area (Å²) in [6.45, 7) is 9.49. The van der Waals surface area contributed by atoms with E-state index in [1.165, 1.54) is 0 Å². The highest BCUT2D eigenvalue weighted by Gasteiger charge is 2.02. The molecule has 0 aliphatic rings. The zero-order valence-corrected chi connectivity index (χ0v) is 12.6. The number of aryl methyl sites for hydroxylation is 1. The molecule has 7 heteroatoms. The molecule has 2 N–H and O–H groups in total. The molecule has 0 fully saturated rings. The lowest BCUT2D eigenvalue weighted by Gasteiger charge is -2.10. The number of guanidine groups is 1. The molecule has 0 saturated heterocycles. The standard InChI is InChI=1S/C13H25N5O2/c1-4-14-13(15-8-6-7-9-19-5-2)16-10-12-17-11(3)20-18-12/h4-10H2,1-3H3,(H2,14,15,16). The van der Waals surface area contributed by atoms with Gasteiger partial charge in [-0.15, -0.1) is 0 Å². The smallest absolute Gasteiger partial charge is 0.223 e. The van der Waals surface area contributed by atoms with Crippen LogP contribution in [0.15, 0.2) is 9.52 Å². The van der Waals surface area contributed by atoms with Crippen LogP contribution in [0.5, 0.6) is 0 Å². The molecule has 1 aromatic heterocycles. The van der Waals surface area contributed by atoms with Gasteiger partial charge in [0.15, 0.2) is 11.8 Å². The summed E-state index contributed by atoms with van der Waals surface area (Å²) in [5, 5.41) is 10.3. The van der Waals surface area contributed by atoms with Gasteiger partial charge in [0.1, 0.15) is 6.54 Å². The van der Waals surface area contributed by atoms with Crippen molar-refractivity contribution in [1.29, 1.82) is 0 Å².